The number of carboxylic acid groups (broad SMARTS) is 1. The maximum atomic E-state index is 10.6. The minimum atomic E-state index is -0.973. The van der Waals surface area contributed by atoms with Crippen LogP contribution in [0.2, 0.25) is 0 Å². The van der Waals surface area contributed by atoms with Crippen molar-refractivity contribution in [2.45, 2.75) is 6.92 Å². The number of pyridine rings is 1. The van der Waals surface area contributed by atoms with Gasteiger partial charge in [0.15, 0.2) is 0 Å². The molecule has 1 N–H and O–H groups in total. The highest BCUT2D eigenvalue weighted by Gasteiger charge is 2.06. The molecule has 0 aliphatic carbocycles. The number of aromatic nitrogens is 1. The number of rotatable bonds is 3. The zero-order valence-electron chi connectivity index (χ0n) is 10.2. The van der Waals surface area contributed by atoms with E-state index >= 15 is 0 Å². The van der Waals surface area contributed by atoms with E-state index in [2.05, 4.69) is 4.98 Å². The number of benzene rings is 1. The molecular formula is C14H13NO3. The second kappa shape index (κ2) is 4.87. The maximum Gasteiger partial charge on any atom is 0.328 e. The Morgan fingerprint density at radius 2 is 2.11 bits per heavy atom. The zero-order valence-corrected chi connectivity index (χ0v) is 10.2. The molecule has 2 aromatic rings. The van der Waals surface area contributed by atoms with Crippen LogP contribution in [0.5, 0.6) is 5.75 Å². The van der Waals surface area contributed by atoms with E-state index < -0.39 is 5.97 Å². The van der Waals surface area contributed by atoms with Crippen molar-refractivity contribution in [2.24, 2.45) is 0 Å². The Kier molecular flexibility index (Phi) is 3.28. The predicted molar refractivity (Wildman–Crippen MR) is 69.7 cm³/mol. The molecule has 1 aromatic heterocycles. The monoisotopic (exact) mass is 243 g/mol. The zero-order chi connectivity index (χ0) is 13.1. The quantitative estimate of drug-likeness (QED) is 0.842. The smallest absolute Gasteiger partial charge is 0.328 e. The van der Waals surface area contributed by atoms with Gasteiger partial charge in [0.05, 0.1) is 7.11 Å². The van der Waals surface area contributed by atoms with Crippen LogP contribution in [0.4, 0.5) is 0 Å². The molecule has 92 valence electrons. The van der Waals surface area contributed by atoms with E-state index in [1.165, 1.54) is 0 Å². The summed E-state index contributed by atoms with van der Waals surface area (Å²) >= 11 is 0. The first-order valence-electron chi connectivity index (χ1n) is 5.47. The molecule has 0 aliphatic heterocycles. The number of carboxylic acids is 1. The molecule has 18 heavy (non-hydrogen) atoms. The van der Waals surface area contributed by atoms with Gasteiger partial charge in [-0.2, -0.15) is 0 Å². The lowest BCUT2D eigenvalue weighted by molar-refractivity contribution is -0.131. The molecule has 0 amide bonds. The molecule has 0 saturated carbocycles. The Balaban J connectivity index is 2.66. The fraction of sp³-hybridized carbons (Fsp3) is 0.143. The fourth-order valence-electron chi connectivity index (χ4n) is 1.78. The Morgan fingerprint density at radius 3 is 2.78 bits per heavy atom. The second-order valence-corrected chi connectivity index (χ2v) is 3.88. The first kappa shape index (κ1) is 12.1. The van der Waals surface area contributed by atoms with Crippen LogP contribution < -0.4 is 4.74 Å². The first-order chi connectivity index (χ1) is 8.61. The summed E-state index contributed by atoms with van der Waals surface area (Å²) in [5.74, 6) is -0.291. The van der Waals surface area contributed by atoms with E-state index in [0.29, 0.717) is 5.75 Å². The summed E-state index contributed by atoms with van der Waals surface area (Å²) in [4.78, 5) is 15.0. The average molecular weight is 243 g/mol. The van der Waals surface area contributed by atoms with E-state index in [0.717, 1.165) is 28.2 Å². The molecule has 0 saturated heterocycles. The molecule has 2 rings (SSSR count). The third kappa shape index (κ3) is 2.32. The Morgan fingerprint density at radius 1 is 1.33 bits per heavy atom. The lowest BCUT2D eigenvalue weighted by Crippen LogP contribution is -1.92. The molecule has 0 spiro atoms. The topological polar surface area (TPSA) is 59.4 Å². The van der Waals surface area contributed by atoms with Gasteiger partial charge in [0.1, 0.15) is 11.3 Å². The first-order valence-corrected chi connectivity index (χ1v) is 5.47. The molecule has 1 heterocycles. The molecule has 0 unspecified atom stereocenters. The summed E-state index contributed by atoms with van der Waals surface area (Å²) in [6.07, 6.45) is 2.67. The Bertz CT molecular complexity index is 632. The van der Waals surface area contributed by atoms with Crippen molar-refractivity contribution in [3.63, 3.8) is 0 Å². The summed E-state index contributed by atoms with van der Waals surface area (Å²) in [5, 5.41) is 9.54. The van der Waals surface area contributed by atoms with Gasteiger partial charge in [0.2, 0.25) is 0 Å². The third-order valence-electron chi connectivity index (χ3n) is 2.62. The van der Waals surface area contributed by atoms with Crippen molar-refractivity contribution in [2.75, 3.05) is 7.11 Å². The van der Waals surface area contributed by atoms with Crippen LogP contribution in [0.3, 0.4) is 0 Å². The van der Waals surface area contributed by atoms with Gasteiger partial charge < -0.3 is 9.84 Å². The van der Waals surface area contributed by atoms with Gasteiger partial charge in [0, 0.05) is 17.2 Å². The van der Waals surface area contributed by atoms with Crippen molar-refractivity contribution in [1.29, 1.82) is 0 Å². The number of hydrogen-bond acceptors (Lipinski definition) is 3. The normalized spacial score (nSPS) is 11.0. The minimum absolute atomic E-state index is 0.682. The molecule has 0 radical (unpaired) electrons. The summed E-state index contributed by atoms with van der Waals surface area (Å²) in [6, 6.07) is 7.41. The predicted octanol–water partition coefficient (Wildman–Crippen LogP) is 2.65. The molecule has 0 aliphatic rings. The van der Waals surface area contributed by atoms with Gasteiger partial charge in [-0.05, 0) is 30.7 Å². The van der Waals surface area contributed by atoms with Gasteiger partial charge in [-0.3, -0.25) is 0 Å². The maximum absolute atomic E-state index is 10.6. The summed E-state index contributed by atoms with van der Waals surface area (Å²) in [6.45, 7) is 1.90. The van der Waals surface area contributed by atoms with Crippen molar-refractivity contribution < 1.29 is 14.6 Å². The Labute approximate surface area is 105 Å². The number of hydrogen-bond donors (Lipinski definition) is 1. The third-order valence-corrected chi connectivity index (χ3v) is 2.62. The van der Waals surface area contributed by atoms with E-state index in [-0.39, 0.29) is 0 Å². The number of methoxy groups -OCH3 is 1. The molecular weight excluding hydrogens is 230 g/mol. The highest BCUT2D eigenvalue weighted by molar-refractivity contribution is 5.95. The SMILES string of the molecule is COc1ccc(/C=C/C(=O)O)c2ccc(C)nc12. The lowest BCUT2D eigenvalue weighted by atomic mass is 10.1. The molecule has 4 heteroatoms. The number of ether oxygens (including phenoxy) is 1. The van der Waals surface area contributed by atoms with E-state index in [9.17, 15) is 4.79 Å². The molecule has 0 bridgehead atoms. The molecule has 1 aromatic carbocycles. The van der Waals surface area contributed by atoms with Gasteiger partial charge in [0.25, 0.3) is 0 Å². The van der Waals surface area contributed by atoms with Crippen LogP contribution in [0.1, 0.15) is 11.3 Å². The van der Waals surface area contributed by atoms with Crippen LogP contribution >= 0.6 is 0 Å². The molecule has 4 nitrogen and oxygen atoms in total. The number of fused-ring (bicyclic) bond motifs is 1. The standard InChI is InChI=1S/C14H13NO3/c1-9-3-6-11-10(5-8-13(16)17)4-7-12(18-2)14(11)15-9/h3-8H,1-2H3,(H,16,17)/b8-5+. The van der Waals surface area contributed by atoms with Crippen molar-refractivity contribution in [1.82, 2.24) is 4.98 Å². The van der Waals surface area contributed by atoms with Gasteiger partial charge in [-0.15, -0.1) is 0 Å². The minimum Gasteiger partial charge on any atom is -0.494 e. The van der Waals surface area contributed by atoms with Gasteiger partial charge in [-0.25, -0.2) is 9.78 Å². The number of aryl methyl sites for hydroxylation is 1. The van der Waals surface area contributed by atoms with Gasteiger partial charge in [-0.1, -0.05) is 12.1 Å². The summed E-state index contributed by atoms with van der Waals surface area (Å²) in [7, 11) is 1.59. The van der Waals surface area contributed by atoms with Crippen molar-refractivity contribution >= 4 is 22.9 Å². The van der Waals surface area contributed by atoms with E-state index in [1.54, 1.807) is 19.3 Å². The van der Waals surface area contributed by atoms with E-state index in [1.807, 2.05) is 25.1 Å². The van der Waals surface area contributed by atoms with E-state index in [4.69, 9.17) is 9.84 Å². The van der Waals surface area contributed by atoms with Crippen LogP contribution in [-0.4, -0.2) is 23.2 Å². The lowest BCUT2D eigenvalue weighted by Gasteiger charge is -2.07. The average Bonchev–Trinajstić information content (AvgIpc) is 2.35. The summed E-state index contributed by atoms with van der Waals surface area (Å²) in [5.41, 5.74) is 2.44. The van der Waals surface area contributed by atoms with Crippen LogP contribution in [-0.2, 0) is 4.79 Å². The van der Waals surface area contributed by atoms with Crippen LogP contribution in [0, 0.1) is 6.92 Å². The largest absolute Gasteiger partial charge is 0.494 e. The Hall–Kier alpha value is -2.36. The van der Waals surface area contributed by atoms with Crippen molar-refractivity contribution in [3.8, 4) is 5.75 Å². The van der Waals surface area contributed by atoms with Crippen LogP contribution in [0.25, 0.3) is 17.0 Å². The fourth-order valence-corrected chi connectivity index (χ4v) is 1.78. The number of nitrogens with zero attached hydrogens (tertiary/aromatic N) is 1. The number of carbonyl (C=O) groups is 1. The number of aliphatic carboxylic acids is 1. The molecule has 0 atom stereocenters. The highest BCUT2D eigenvalue weighted by Crippen LogP contribution is 2.27. The van der Waals surface area contributed by atoms with Gasteiger partial charge >= 0.3 is 5.97 Å². The van der Waals surface area contributed by atoms with Crippen molar-refractivity contribution in [3.05, 3.63) is 41.6 Å². The second-order valence-electron chi connectivity index (χ2n) is 3.88. The summed E-state index contributed by atoms with van der Waals surface area (Å²) < 4.78 is 5.26. The van der Waals surface area contributed by atoms with Crippen LogP contribution in [0.15, 0.2) is 30.3 Å². The molecule has 0 fully saturated rings. The highest BCUT2D eigenvalue weighted by atomic mass is 16.5.